The molecule has 0 aliphatic rings. The Morgan fingerprint density at radius 1 is 1.19 bits per heavy atom. The van der Waals surface area contributed by atoms with Crippen molar-refractivity contribution in [3.05, 3.63) is 16.9 Å². The van der Waals surface area contributed by atoms with Crippen molar-refractivity contribution in [1.29, 1.82) is 0 Å². The highest BCUT2D eigenvalue weighted by atomic mass is 35.5. The van der Waals surface area contributed by atoms with Gasteiger partial charge in [-0.15, -0.1) is 23.2 Å². The normalized spacial score (nSPS) is 15.6. The number of H-pyrrole nitrogens is 1. The number of halogens is 2. The molecule has 0 aromatic carbocycles. The van der Waals surface area contributed by atoms with Gasteiger partial charge in [0.25, 0.3) is 0 Å². The maximum atomic E-state index is 6.43. The number of nitrogens with zero attached hydrogens (tertiary/aromatic N) is 2. The lowest BCUT2D eigenvalue weighted by Crippen LogP contribution is -2.14. The van der Waals surface area contributed by atoms with E-state index in [2.05, 4.69) is 21.9 Å². The van der Waals surface area contributed by atoms with Crippen LogP contribution in [0, 0.1) is 4.77 Å². The fraction of sp³-hybridized carbons (Fsp3) is 0.800. The van der Waals surface area contributed by atoms with Gasteiger partial charge in [0.1, 0.15) is 12.2 Å². The molecule has 1 aromatic rings. The Bertz CT molecular complexity index is 451. The van der Waals surface area contributed by atoms with E-state index in [-0.39, 0.29) is 10.8 Å². The van der Waals surface area contributed by atoms with Gasteiger partial charge >= 0.3 is 0 Å². The Morgan fingerprint density at radius 3 is 2.57 bits per heavy atom. The van der Waals surface area contributed by atoms with E-state index < -0.39 is 0 Å². The third kappa shape index (κ3) is 8.12. The maximum absolute atomic E-state index is 6.43. The molecule has 0 saturated heterocycles. The van der Waals surface area contributed by atoms with E-state index in [4.69, 9.17) is 35.4 Å². The predicted molar refractivity (Wildman–Crippen MR) is 92.9 cm³/mol. The van der Waals surface area contributed by atoms with Crippen LogP contribution < -0.4 is 0 Å². The molecule has 3 nitrogen and oxygen atoms in total. The number of alkyl halides is 2. The molecule has 1 aromatic heterocycles. The molecule has 0 saturated carbocycles. The minimum Gasteiger partial charge on any atom is -0.319 e. The number of rotatable bonds is 10. The zero-order valence-electron chi connectivity index (χ0n) is 12.8. The average Bonchev–Trinajstić information content (AvgIpc) is 2.41. The number of hydrogen-bond acceptors (Lipinski definition) is 3. The van der Waals surface area contributed by atoms with E-state index >= 15 is 0 Å². The third-order valence-corrected chi connectivity index (χ3v) is 4.26. The van der Waals surface area contributed by atoms with Crippen LogP contribution in [0.15, 0.2) is 6.33 Å². The molecule has 0 aliphatic carbocycles. The summed E-state index contributed by atoms with van der Waals surface area (Å²) in [5.41, 5.74) is 0. The van der Waals surface area contributed by atoms with E-state index in [1.54, 1.807) is 0 Å². The Balaban J connectivity index is 2.67. The van der Waals surface area contributed by atoms with Crippen LogP contribution in [0.1, 0.15) is 70.5 Å². The standard InChI is InChI=1S/C15H25Cl2N3S/c1-3-4-5-6-7-12(9-13(17)8-11(2)16)14-18-10-19-15(21)20-14/h10-13H,3-9H2,1-2H3,(H,18,19,20,21). The van der Waals surface area contributed by atoms with E-state index in [1.807, 2.05) is 6.92 Å². The molecule has 0 amide bonds. The fourth-order valence-corrected chi connectivity index (χ4v) is 3.41. The zero-order chi connectivity index (χ0) is 15.7. The largest absolute Gasteiger partial charge is 0.319 e. The molecule has 0 aliphatic heterocycles. The number of nitrogens with one attached hydrogen (secondary N) is 1. The van der Waals surface area contributed by atoms with Crippen LogP contribution in [0.4, 0.5) is 0 Å². The molecule has 0 fully saturated rings. The van der Waals surface area contributed by atoms with Crippen molar-refractivity contribution in [2.24, 2.45) is 0 Å². The molecular formula is C15H25Cl2N3S. The van der Waals surface area contributed by atoms with Crippen molar-refractivity contribution >= 4 is 35.4 Å². The highest BCUT2D eigenvalue weighted by Gasteiger charge is 2.19. The highest BCUT2D eigenvalue weighted by molar-refractivity contribution is 7.71. The first-order valence-electron chi connectivity index (χ1n) is 7.72. The molecule has 120 valence electrons. The first-order chi connectivity index (χ1) is 10.0. The molecule has 0 spiro atoms. The third-order valence-electron chi connectivity index (χ3n) is 3.52. The van der Waals surface area contributed by atoms with Gasteiger partial charge in [-0.25, -0.2) is 9.97 Å². The summed E-state index contributed by atoms with van der Waals surface area (Å²) >= 11 is 17.6. The zero-order valence-corrected chi connectivity index (χ0v) is 15.1. The summed E-state index contributed by atoms with van der Waals surface area (Å²) in [5.74, 6) is 1.20. The van der Waals surface area contributed by atoms with Crippen molar-refractivity contribution in [3.8, 4) is 0 Å². The molecule has 1 heterocycles. The first-order valence-corrected chi connectivity index (χ1v) is 9.00. The average molecular weight is 350 g/mol. The van der Waals surface area contributed by atoms with Crippen molar-refractivity contribution in [1.82, 2.24) is 15.0 Å². The topological polar surface area (TPSA) is 41.6 Å². The van der Waals surface area contributed by atoms with Gasteiger partial charge in [0.15, 0.2) is 4.77 Å². The Hall–Kier alpha value is -0.190. The lowest BCUT2D eigenvalue weighted by atomic mass is 9.93. The van der Waals surface area contributed by atoms with Crippen LogP contribution in [-0.4, -0.2) is 25.7 Å². The fourth-order valence-electron chi connectivity index (χ4n) is 2.47. The molecule has 0 bridgehead atoms. The quantitative estimate of drug-likeness (QED) is 0.339. The maximum Gasteiger partial charge on any atom is 0.199 e. The lowest BCUT2D eigenvalue weighted by molar-refractivity contribution is 0.486. The van der Waals surface area contributed by atoms with Gasteiger partial charge in [0, 0.05) is 16.7 Å². The van der Waals surface area contributed by atoms with Gasteiger partial charge in [0.05, 0.1) is 0 Å². The molecule has 1 rings (SSSR count). The molecule has 3 unspecified atom stereocenters. The number of aromatic nitrogens is 3. The van der Waals surface area contributed by atoms with Crippen LogP contribution in [0.2, 0.25) is 0 Å². The van der Waals surface area contributed by atoms with Gasteiger partial charge in [0.2, 0.25) is 0 Å². The van der Waals surface area contributed by atoms with Gasteiger partial charge in [-0.05, 0) is 38.4 Å². The van der Waals surface area contributed by atoms with Gasteiger partial charge < -0.3 is 4.98 Å². The monoisotopic (exact) mass is 349 g/mol. The van der Waals surface area contributed by atoms with Gasteiger partial charge in [-0.2, -0.15) is 0 Å². The van der Waals surface area contributed by atoms with Crippen LogP contribution in [0.3, 0.4) is 0 Å². The Kier molecular flexibility index (Phi) is 9.45. The predicted octanol–water partition coefficient (Wildman–Crippen LogP) is 5.60. The van der Waals surface area contributed by atoms with Gasteiger partial charge in [-0.1, -0.05) is 32.6 Å². The Labute approximate surface area is 142 Å². The van der Waals surface area contributed by atoms with E-state index in [0.717, 1.165) is 25.1 Å². The van der Waals surface area contributed by atoms with E-state index in [9.17, 15) is 0 Å². The molecule has 3 atom stereocenters. The number of unbranched alkanes of at least 4 members (excludes halogenated alkanes) is 3. The molecule has 21 heavy (non-hydrogen) atoms. The minimum absolute atomic E-state index is 0.0608. The summed E-state index contributed by atoms with van der Waals surface area (Å²) in [6.07, 6.45) is 9.22. The minimum atomic E-state index is 0.0608. The van der Waals surface area contributed by atoms with E-state index in [0.29, 0.717) is 10.7 Å². The van der Waals surface area contributed by atoms with Crippen molar-refractivity contribution in [2.75, 3.05) is 0 Å². The molecule has 1 N–H and O–H groups in total. The summed E-state index contributed by atoms with van der Waals surface area (Å²) in [7, 11) is 0. The highest BCUT2D eigenvalue weighted by Crippen LogP contribution is 2.28. The van der Waals surface area contributed by atoms with E-state index in [1.165, 1.54) is 32.0 Å². The van der Waals surface area contributed by atoms with Gasteiger partial charge in [-0.3, -0.25) is 0 Å². The molecular weight excluding hydrogens is 325 g/mol. The summed E-state index contributed by atoms with van der Waals surface area (Å²) in [5, 5.41) is 0.155. The molecule has 0 radical (unpaired) electrons. The number of hydrogen-bond donors (Lipinski definition) is 1. The lowest BCUT2D eigenvalue weighted by Gasteiger charge is -2.20. The summed E-state index contributed by atoms with van der Waals surface area (Å²) in [4.78, 5) is 11.4. The van der Waals surface area contributed by atoms with Crippen LogP contribution in [-0.2, 0) is 0 Å². The van der Waals surface area contributed by atoms with Crippen LogP contribution >= 0.6 is 35.4 Å². The second-order valence-corrected chi connectivity index (χ2v) is 7.33. The van der Waals surface area contributed by atoms with Crippen molar-refractivity contribution in [3.63, 3.8) is 0 Å². The first kappa shape index (κ1) is 18.9. The number of aromatic amines is 1. The van der Waals surface area contributed by atoms with Crippen molar-refractivity contribution < 1.29 is 0 Å². The van der Waals surface area contributed by atoms with Crippen LogP contribution in [0.5, 0.6) is 0 Å². The Morgan fingerprint density at radius 2 is 1.95 bits per heavy atom. The summed E-state index contributed by atoms with van der Waals surface area (Å²) < 4.78 is 0.482. The van der Waals surface area contributed by atoms with Crippen LogP contribution in [0.25, 0.3) is 0 Å². The summed E-state index contributed by atoms with van der Waals surface area (Å²) in [6.45, 7) is 4.20. The summed E-state index contributed by atoms with van der Waals surface area (Å²) in [6, 6.07) is 0. The van der Waals surface area contributed by atoms with Crippen molar-refractivity contribution in [2.45, 2.75) is 75.5 Å². The second-order valence-electron chi connectivity index (χ2n) is 5.58. The second kappa shape index (κ2) is 10.5. The molecule has 6 heteroatoms. The smallest absolute Gasteiger partial charge is 0.199 e. The SMILES string of the molecule is CCCCCCC(CC(Cl)CC(C)Cl)c1ncnc(=S)[nH]1.